The van der Waals surface area contributed by atoms with Crippen molar-refractivity contribution in [3.63, 3.8) is 0 Å². The van der Waals surface area contributed by atoms with E-state index in [-0.39, 0.29) is 0 Å². The molecule has 0 amide bonds. The van der Waals surface area contributed by atoms with Crippen molar-refractivity contribution in [2.24, 2.45) is 0 Å². The maximum Gasteiger partial charge on any atom is 0.367 e. The molecule has 0 atom stereocenters. The van der Waals surface area contributed by atoms with Crippen LogP contribution >= 0.6 is 0 Å². The first kappa shape index (κ1) is 17.5. The maximum absolute atomic E-state index is 10.1. The number of hydrogen-bond donors (Lipinski definition) is 4. The van der Waals surface area contributed by atoms with Crippen LogP contribution in [0.2, 0.25) is 12.1 Å². The molecule has 0 aliphatic carbocycles. The molecule has 0 bridgehead atoms. The van der Waals surface area contributed by atoms with E-state index in [2.05, 4.69) is 0 Å². The Morgan fingerprint density at radius 3 is 1.25 bits per heavy atom. The quantitative estimate of drug-likeness (QED) is 0.528. The molecule has 0 fully saturated rings. The Bertz CT molecular complexity index is 365. The van der Waals surface area contributed by atoms with Crippen LogP contribution in [0.1, 0.15) is 39.5 Å². The topological polar surface area (TPSA) is 80.9 Å². The summed E-state index contributed by atoms with van der Waals surface area (Å²) in [5.74, 6) is 0. The molecule has 0 radical (unpaired) electrons. The summed E-state index contributed by atoms with van der Waals surface area (Å²) >= 11 is 0. The minimum Gasteiger partial charge on any atom is -0.407 e. The van der Waals surface area contributed by atoms with Gasteiger partial charge in [0.05, 0.1) is 0 Å². The summed E-state index contributed by atoms with van der Waals surface area (Å²) in [6.45, 7) is 4.03. The van der Waals surface area contributed by atoms with Crippen LogP contribution in [0, 0.1) is 0 Å². The monoisotopic (exact) mass is 314 g/mol. The molecular weight excluding hydrogens is 288 g/mol. The van der Waals surface area contributed by atoms with Gasteiger partial charge in [-0.05, 0) is 22.5 Å². The predicted octanol–water partition coefficient (Wildman–Crippen LogP) is 0.554. The Balaban J connectivity index is 2.82. The van der Waals surface area contributed by atoms with Gasteiger partial charge in [-0.1, -0.05) is 63.8 Å². The molecule has 4 N–H and O–H groups in total. The van der Waals surface area contributed by atoms with E-state index >= 15 is 0 Å². The smallest absolute Gasteiger partial charge is 0.367 e. The van der Waals surface area contributed by atoms with E-state index in [0.717, 1.165) is 25.7 Å². The molecule has 0 unspecified atom stereocenters. The lowest BCUT2D eigenvalue weighted by molar-refractivity contribution is 0.374. The summed E-state index contributed by atoms with van der Waals surface area (Å²) in [5, 5.41) is 1.07. The average Bonchev–Trinajstić information content (AvgIpc) is 2.43. The third-order valence-corrected chi connectivity index (χ3v) is 8.18. The minimum atomic E-state index is -3.36. The van der Waals surface area contributed by atoms with Gasteiger partial charge in [-0.3, -0.25) is 0 Å². The van der Waals surface area contributed by atoms with Crippen molar-refractivity contribution in [3.05, 3.63) is 24.3 Å². The van der Waals surface area contributed by atoms with E-state index < -0.39 is 17.1 Å². The van der Waals surface area contributed by atoms with E-state index in [1.54, 1.807) is 24.3 Å². The van der Waals surface area contributed by atoms with Crippen molar-refractivity contribution >= 4 is 27.5 Å². The zero-order chi connectivity index (χ0) is 15.2. The molecule has 0 saturated carbocycles. The van der Waals surface area contributed by atoms with Crippen molar-refractivity contribution in [3.8, 4) is 0 Å². The highest BCUT2D eigenvalue weighted by Crippen LogP contribution is 2.10. The van der Waals surface area contributed by atoms with Gasteiger partial charge in [0.25, 0.3) is 0 Å². The molecule has 20 heavy (non-hydrogen) atoms. The summed E-state index contributed by atoms with van der Waals surface area (Å²) in [5.41, 5.74) is 0. The lowest BCUT2D eigenvalue weighted by Gasteiger charge is -2.21. The summed E-state index contributed by atoms with van der Waals surface area (Å²) in [6, 6.07) is 7.38. The third-order valence-electron chi connectivity index (χ3n) is 3.57. The first-order valence-electron chi connectivity index (χ1n) is 7.34. The van der Waals surface area contributed by atoms with E-state index in [9.17, 15) is 19.2 Å². The fraction of sp³-hybridized carbons (Fsp3) is 0.571. The van der Waals surface area contributed by atoms with Gasteiger partial charge in [-0.15, -0.1) is 0 Å². The Hall–Kier alpha value is -0.506. The third kappa shape index (κ3) is 4.80. The second-order valence-corrected chi connectivity index (χ2v) is 10.8. The molecule has 0 saturated heterocycles. The number of benzene rings is 1. The molecule has 0 heterocycles. The van der Waals surface area contributed by atoms with Gasteiger partial charge in [0.15, 0.2) is 0 Å². The molecule has 0 aromatic heterocycles. The molecule has 0 aliphatic rings. The van der Waals surface area contributed by atoms with Crippen molar-refractivity contribution in [2.45, 2.75) is 51.6 Å². The Morgan fingerprint density at radius 2 is 1.00 bits per heavy atom. The lowest BCUT2D eigenvalue weighted by atomic mass is 10.4. The van der Waals surface area contributed by atoms with Crippen LogP contribution in [0.3, 0.4) is 0 Å². The molecule has 1 rings (SSSR count). The zero-order valence-corrected chi connectivity index (χ0v) is 14.3. The highest BCUT2D eigenvalue weighted by molar-refractivity contribution is 6.80. The number of unbranched alkanes of at least 4 members (excludes halogenated alkanes) is 2. The number of hydrogen-bond acceptors (Lipinski definition) is 4. The fourth-order valence-electron chi connectivity index (χ4n) is 2.14. The predicted molar refractivity (Wildman–Crippen MR) is 85.5 cm³/mol. The molecule has 6 heteroatoms. The van der Waals surface area contributed by atoms with Crippen LogP contribution in [-0.4, -0.2) is 36.3 Å². The second-order valence-electron chi connectivity index (χ2n) is 5.42. The summed E-state index contributed by atoms with van der Waals surface area (Å²) in [6.07, 6.45) is 3.43. The highest BCUT2D eigenvalue weighted by atomic mass is 28.4. The first-order chi connectivity index (χ1) is 9.33. The fourth-order valence-corrected chi connectivity index (χ4v) is 5.81. The second kappa shape index (κ2) is 7.49. The molecule has 1 aromatic carbocycles. The van der Waals surface area contributed by atoms with Crippen molar-refractivity contribution < 1.29 is 19.2 Å². The van der Waals surface area contributed by atoms with Gasteiger partial charge in [0.2, 0.25) is 0 Å². The molecular formula is C14H26O4Si2. The normalized spacial score (nSPS) is 12.7. The van der Waals surface area contributed by atoms with Crippen LogP contribution < -0.4 is 10.4 Å². The SMILES string of the molecule is CCCC[Si](O)(O)c1ccc([Si](O)(O)CCCC)cc1. The maximum atomic E-state index is 10.1. The summed E-state index contributed by atoms with van der Waals surface area (Å²) < 4.78 is 0. The van der Waals surface area contributed by atoms with Crippen LogP contribution in [0.25, 0.3) is 0 Å². The minimum absolute atomic E-state index is 0.416. The van der Waals surface area contributed by atoms with E-state index in [0.29, 0.717) is 22.5 Å². The van der Waals surface area contributed by atoms with Gasteiger partial charge in [0.1, 0.15) is 0 Å². The van der Waals surface area contributed by atoms with Crippen LogP contribution in [0.15, 0.2) is 24.3 Å². The van der Waals surface area contributed by atoms with E-state index in [1.165, 1.54) is 0 Å². The molecule has 0 spiro atoms. The van der Waals surface area contributed by atoms with Crippen molar-refractivity contribution in [2.75, 3.05) is 0 Å². The zero-order valence-electron chi connectivity index (χ0n) is 12.3. The highest BCUT2D eigenvalue weighted by Gasteiger charge is 2.34. The van der Waals surface area contributed by atoms with Crippen LogP contribution in [0.5, 0.6) is 0 Å². The molecule has 4 nitrogen and oxygen atoms in total. The van der Waals surface area contributed by atoms with Gasteiger partial charge in [-0.2, -0.15) is 0 Å². The van der Waals surface area contributed by atoms with E-state index in [1.807, 2.05) is 13.8 Å². The van der Waals surface area contributed by atoms with Gasteiger partial charge >= 0.3 is 17.1 Å². The average molecular weight is 315 g/mol. The number of rotatable bonds is 8. The Kier molecular flexibility index (Phi) is 6.57. The van der Waals surface area contributed by atoms with Gasteiger partial charge < -0.3 is 19.2 Å². The largest absolute Gasteiger partial charge is 0.407 e. The Morgan fingerprint density at radius 1 is 0.700 bits per heavy atom. The van der Waals surface area contributed by atoms with E-state index in [4.69, 9.17) is 0 Å². The summed E-state index contributed by atoms with van der Waals surface area (Å²) in [7, 11) is -6.71. The van der Waals surface area contributed by atoms with Gasteiger partial charge in [0, 0.05) is 0 Å². The molecule has 114 valence electrons. The molecule has 0 aliphatic heterocycles. The van der Waals surface area contributed by atoms with Crippen molar-refractivity contribution in [1.82, 2.24) is 0 Å². The standard InChI is InChI=1S/C14H26O4Si2/c1-3-5-11-19(15,16)13-7-9-14(10-8-13)20(17,18)12-6-4-2/h7-10,15-18H,3-6,11-12H2,1-2H3. The summed E-state index contributed by atoms with van der Waals surface area (Å²) in [4.78, 5) is 40.5. The van der Waals surface area contributed by atoms with Crippen molar-refractivity contribution in [1.29, 1.82) is 0 Å². The lowest BCUT2D eigenvalue weighted by Crippen LogP contribution is -2.51. The first-order valence-corrected chi connectivity index (χ1v) is 11.5. The Labute approximate surface area is 123 Å². The van der Waals surface area contributed by atoms with Crippen LogP contribution in [0.4, 0.5) is 0 Å². The van der Waals surface area contributed by atoms with Crippen LogP contribution in [-0.2, 0) is 0 Å². The van der Waals surface area contributed by atoms with Gasteiger partial charge in [-0.25, -0.2) is 0 Å². The molecule has 1 aromatic rings.